The molecule has 0 saturated heterocycles. The van der Waals surface area contributed by atoms with E-state index < -0.39 is 0 Å². The zero-order valence-electron chi connectivity index (χ0n) is 8.43. The minimum atomic E-state index is -0.304. The zero-order valence-corrected chi connectivity index (χ0v) is 9.25. The van der Waals surface area contributed by atoms with Gasteiger partial charge in [0.1, 0.15) is 4.88 Å². The molecule has 0 radical (unpaired) electrons. The van der Waals surface area contributed by atoms with Crippen LogP contribution in [0.2, 0.25) is 0 Å². The van der Waals surface area contributed by atoms with E-state index >= 15 is 0 Å². The van der Waals surface area contributed by atoms with Gasteiger partial charge in [0, 0.05) is 24.2 Å². The lowest BCUT2D eigenvalue weighted by atomic mass is 10.2. The second-order valence-corrected chi connectivity index (χ2v) is 3.98. The van der Waals surface area contributed by atoms with E-state index in [1.165, 1.54) is 18.4 Å². The smallest absolute Gasteiger partial charge is 0.348 e. The molecule has 2 rings (SSSR count). The first-order valence-electron chi connectivity index (χ1n) is 4.37. The molecular formula is C10H10N2O2S. The summed E-state index contributed by atoms with van der Waals surface area (Å²) in [4.78, 5) is 11.8. The number of carbonyl (C=O) groups excluding carboxylic acids is 1. The van der Waals surface area contributed by atoms with Gasteiger partial charge in [0.2, 0.25) is 0 Å². The van der Waals surface area contributed by atoms with Crippen molar-refractivity contribution >= 4 is 17.3 Å². The van der Waals surface area contributed by atoms with E-state index in [2.05, 4.69) is 9.84 Å². The van der Waals surface area contributed by atoms with Gasteiger partial charge in [-0.15, -0.1) is 11.3 Å². The van der Waals surface area contributed by atoms with Gasteiger partial charge in [-0.2, -0.15) is 5.10 Å². The monoisotopic (exact) mass is 222 g/mol. The first-order valence-corrected chi connectivity index (χ1v) is 5.25. The highest BCUT2D eigenvalue weighted by molar-refractivity contribution is 7.12. The van der Waals surface area contributed by atoms with Crippen molar-refractivity contribution in [2.75, 3.05) is 7.11 Å². The van der Waals surface area contributed by atoms with Crippen LogP contribution < -0.4 is 0 Å². The molecular weight excluding hydrogens is 212 g/mol. The molecule has 0 unspecified atom stereocenters. The van der Waals surface area contributed by atoms with Crippen LogP contribution in [-0.2, 0) is 11.8 Å². The molecule has 0 aliphatic carbocycles. The number of thiophene rings is 1. The molecule has 0 aliphatic rings. The van der Waals surface area contributed by atoms with Crippen LogP contribution >= 0.6 is 11.3 Å². The first-order chi connectivity index (χ1) is 7.20. The largest absolute Gasteiger partial charge is 0.465 e. The SMILES string of the molecule is COC(=O)c1cc(-c2ccn(C)n2)cs1. The summed E-state index contributed by atoms with van der Waals surface area (Å²) in [6, 6.07) is 3.70. The minimum Gasteiger partial charge on any atom is -0.465 e. The number of aryl methyl sites for hydroxylation is 1. The average Bonchev–Trinajstić information content (AvgIpc) is 2.84. The van der Waals surface area contributed by atoms with E-state index in [0.29, 0.717) is 4.88 Å². The number of aromatic nitrogens is 2. The Labute approximate surface area is 91.1 Å². The van der Waals surface area contributed by atoms with Crippen molar-refractivity contribution in [3.63, 3.8) is 0 Å². The molecule has 2 aromatic heterocycles. The highest BCUT2D eigenvalue weighted by Gasteiger charge is 2.10. The second kappa shape index (κ2) is 3.86. The molecule has 0 aliphatic heterocycles. The first kappa shape index (κ1) is 9.92. The number of carbonyl (C=O) groups is 1. The summed E-state index contributed by atoms with van der Waals surface area (Å²) in [7, 11) is 3.24. The molecule has 0 aromatic carbocycles. The Morgan fingerprint density at radius 1 is 1.60 bits per heavy atom. The zero-order chi connectivity index (χ0) is 10.8. The maximum absolute atomic E-state index is 11.2. The van der Waals surface area contributed by atoms with Gasteiger partial charge >= 0.3 is 5.97 Å². The highest BCUT2D eigenvalue weighted by Crippen LogP contribution is 2.24. The number of hydrogen-bond donors (Lipinski definition) is 0. The van der Waals surface area contributed by atoms with Crippen LogP contribution in [0.4, 0.5) is 0 Å². The molecule has 0 atom stereocenters. The van der Waals surface area contributed by atoms with E-state index in [1.54, 1.807) is 10.7 Å². The van der Waals surface area contributed by atoms with Gasteiger partial charge in [0.15, 0.2) is 0 Å². The average molecular weight is 222 g/mol. The number of rotatable bonds is 2. The lowest BCUT2D eigenvalue weighted by Gasteiger charge is -1.91. The van der Waals surface area contributed by atoms with Crippen LogP contribution in [-0.4, -0.2) is 22.9 Å². The summed E-state index contributed by atoms with van der Waals surface area (Å²) in [6.45, 7) is 0. The standard InChI is InChI=1S/C10H10N2O2S/c1-12-4-3-8(11-12)7-5-9(15-6-7)10(13)14-2/h3-6H,1-2H3. The summed E-state index contributed by atoms with van der Waals surface area (Å²) in [5.41, 5.74) is 1.81. The number of nitrogens with zero attached hydrogens (tertiary/aromatic N) is 2. The molecule has 15 heavy (non-hydrogen) atoms. The second-order valence-electron chi connectivity index (χ2n) is 3.07. The van der Waals surface area contributed by atoms with Crippen LogP contribution in [0.3, 0.4) is 0 Å². The normalized spacial score (nSPS) is 10.3. The summed E-state index contributed by atoms with van der Waals surface area (Å²) >= 11 is 1.36. The highest BCUT2D eigenvalue weighted by atomic mass is 32.1. The van der Waals surface area contributed by atoms with Crippen LogP contribution in [0.25, 0.3) is 11.3 Å². The van der Waals surface area contributed by atoms with E-state index in [-0.39, 0.29) is 5.97 Å². The molecule has 0 fully saturated rings. The van der Waals surface area contributed by atoms with E-state index in [4.69, 9.17) is 0 Å². The van der Waals surface area contributed by atoms with Crippen LogP contribution in [0, 0.1) is 0 Å². The topological polar surface area (TPSA) is 44.1 Å². The summed E-state index contributed by atoms with van der Waals surface area (Å²) in [6.07, 6.45) is 1.87. The Bertz CT molecular complexity index is 487. The number of hydrogen-bond acceptors (Lipinski definition) is 4. The van der Waals surface area contributed by atoms with Gasteiger partial charge in [-0.05, 0) is 12.1 Å². The van der Waals surface area contributed by atoms with Crippen LogP contribution in [0.15, 0.2) is 23.7 Å². The van der Waals surface area contributed by atoms with Crippen molar-refractivity contribution in [1.29, 1.82) is 0 Å². The fourth-order valence-electron chi connectivity index (χ4n) is 1.25. The fraction of sp³-hybridized carbons (Fsp3) is 0.200. The predicted octanol–water partition coefficient (Wildman–Crippen LogP) is 1.94. The fourth-order valence-corrected chi connectivity index (χ4v) is 2.06. The Balaban J connectivity index is 2.31. The van der Waals surface area contributed by atoms with E-state index in [0.717, 1.165) is 11.3 Å². The van der Waals surface area contributed by atoms with Crippen LogP contribution in [0.5, 0.6) is 0 Å². The maximum Gasteiger partial charge on any atom is 0.348 e. The summed E-state index contributed by atoms with van der Waals surface area (Å²) in [5.74, 6) is -0.304. The van der Waals surface area contributed by atoms with Crippen molar-refractivity contribution in [1.82, 2.24) is 9.78 Å². The molecule has 0 amide bonds. The van der Waals surface area contributed by atoms with Gasteiger partial charge in [-0.25, -0.2) is 4.79 Å². The minimum absolute atomic E-state index is 0.304. The lowest BCUT2D eigenvalue weighted by Crippen LogP contribution is -1.96. The number of esters is 1. The molecule has 2 aromatic rings. The van der Waals surface area contributed by atoms with E-state index in [9.17, 15) is 4.79 Å². The van der Waals surface area contributed by atoms with Gasteiger partial charge in [-0.3, -0.25) is 4.68 Å². The van der Waals surface area contributed by atoms with Gasteiger partial charge in [0.05, 0.1) is 12.8 Å². The third-order valence-corrected chi connectivity index (χ3v) is 2.91. The quantitative estimate of drug-likeness (QED) is 0.729. The van der Waals surface area contributed by atoms with Gasteiger partial charge in [-0.1, -0.05) is 0 Å². The third-order valence-electron chi connectivity index (χ3n) is 2.00. The Hall–Kier alpha value is -1.62. The maximum atomic E-state index is 11.2. The number of methoxy groups -OCH3 is 1. The molecule has 0 spiro atoms. The molecule has 78 valence electrons. The Morgan fingerprint density at radius 2 is 2.40 bits per heavy atom. The van der Waals surface area contributed by atoms with Crippen molar-refractivity contribution < 1.29 is 9.53 Å². The lowest BCUT2D eigenvalue weighted by molar-refractivity contribution is 0.0606. The molecule has 5 heteroatoms. The molecule has 0 saturated carbocycles. The third kappa shape index (κ3) is 1.92. The molecule has 4 nitrogen and oxygen atoms in total. The Kier molecular flexibility index (Phi) is 2.55. The molecule has 0 N–H and O–H groups in total. The van der Waals surface area contributed by atoms with Crippen molar-refractivity contribution in [2.45, 2.75) is 0 Å². The summed E-state index contributed by atoms with van der Waals surface area (Å²) < 4.78 is 6.36. The van der Waals surface area contributed by atoms with Crippen LogP contribution in [0.1, 0.15) is 9.67 Å². The van der Waals surface area contributed by atoms with Crippen molar-refractivity contribution in [3.8, 4) is 11.3 Å². The molecule has 2 heterocycles. The predicted molar refractivity (Wildman–Crippen MR) is 57.9 cm³/mol. The molecule has 0 bridgehead atoms. The van der Waals surface area contributed by atoms with Crippen molar-refractivity contribution in [3.05, 3.63) is 28.6 Å². The van der Waals surface area contributed by atoms with Gasteiger partial charge in [0.25, 0.3) is 0 Å². The van der Waals surface area contributed by atoms with E-state index in [1.807, 2.05) is 24.7 Å². The summed E-state index contributed by atoms with van der Waals surface area (Å²) in [5, 5.41) is 6.15. The van der Waals surface area contributed by atoms with Crippen molar-refractivity contribution in [2.24, 2.45) is 7.05 Å². The van der Waals surface area contributed by atoms with Gasteiger partial charge < -0.3 is 4.74 Å². The number of ether oxygens (including phenoxy) is 1. The Morgan fingerprint density at radius 3 is 3.00 bits per heavy atom.